The summed E-state index contributed by atoms with van der Waals surface area (Å²) in [6.07, 6.45) is 6.62. The molecule has 0 radical (unpaired) electrons. The smallest absolute Gasteiger partial charge is 0.305 e. The van der Waals surface area contributed by atoms with Crippen molar-refractivity contribution in [3.05, 3.63) is 36.5 Å². The highest BCUT2D eigenvalue weighted by Crippen LogP contribution is 2.25. The Morgan fingerprint density at radius 3 is 2.73 bits per heavy atom. The monoisotopic (exact) mass is 300 g/mol. The Morgan fingerprint density at radius 1 is 1.14 bits per heavy atom. The molecule has 0 aliphatic rings. The molecule has 0 amide bonds. The number of fused-ring (bicyclic) bond motifs is 1. The first-order valence-corrected chi connectivity index (χ1v) is 8.03. The minimum absolute atomic E-state index is 0.150. The zero-order valence-corrected chi connectivity index (χ0v) is 13.2. The second-order valence-corrected chi connectivity index (χ2v) is 5.54. The summed E-state index contributed by atoms with van der Waals surface area (Å²) in [5.74, 6) is -0.758. The first kappa shape index (κ1) is 16.3. The Morgan fingerprint density at radius 2 is 1.95 bits per heavy atom. The van der Waals surface area contributed by atoms with Gasteiger partial charge in [-0.05, 0) is 18.6 Å². The molecule has 0 aliphatic heterocycles. The fraction of sp³-hybridized carbons (Fsp3) is 0.444. The maximum Gasteiger partial charge on any atom is 0.305 e. The topological polar surface area (TPSA) is 53.4 Å². The van der Waals surface area contributed by atoms with Gasteiger partial charge in [-0.15, -0.1) is 0 Å². The lowest BCUT2D eigenvalue weighted by atomic mass is 10.1. The minimum atomic E-state index is -0.758. The molecule has 1 aromatic heterocycles. The summed E-state index contributed by atoms with van der Waals surface area (Å²) < 4.78 is 0. The van der Waals surface area contributed by atoms with Crippen LogP contribution in [0.2, 0.25) is 0 Å². The zero-order chi connectivity index (χ0) is 15.8. The molecule has 2 aromatic rings. The third-order valence-corrected chi connectivity index (χ3v) is 3.83. The number of benzene rings is 1. The molecule has 0 unspecified atom stereocenters. The Balaban J connectivity index is 2.19. The molecule has 4 heteroatoms. The van der Waals surface area contributed by atoms with E-state index in [1.54, 1.807) is 6.20 Å². The van der Waals surface area contributed by atoms with E-state index in [1.807, 2.05) is 30.3 Å². The van der Waals surface area contributed by atoms with Crippen molar-refractivity contribution >= 4 is 22.6 Å². The number of unbranched alkanes of at least 4 members (excludes halogenated alkanes) is 3. The van der Waals surface area contributed by atoms with Gasteiger partial charge in [0.25, 0.3) is 0 Å². The fourth-order valence-electron chi connectivity index (χ4n) is 2.66. The standard InChI is InChI=1S/C18H24N2O2/c1-2-3-4-5-13-20(14-11-17(21)22)16-10-6-8-15-9-7-12-19-18(15)16/h6-10,12H,2-5,11,13-14H2,1H3,(H,21,22). The highest BCUT2D eigenvalue weighted by Gasteiger charge is 2.12. The molecule has 0 aliphatic carbocycles. The predicted molar refractivity (Wildman–Crippen MR) is 90.4 cm³/mol. The summed E-state index contributed by atoms with van der Waals surface area (Å²) in [7, 11) is 0. The van der Waals surface area contributed by atoms with E-state index in [0.29, 0.717) is 6.54 Å². The van der Waals surface area contributed by atoms with Crippen LogP contribution in [0, 0.1) is 0 Å². The molecule has 1 aromatic carbocycles. The Hall–Kier alpha value is -2.10. The second-order valence-electron chi connectivity index (χ2n) is 5.54. The number of nitrogens with zero attached hydrogens (tertiary/aromatic N) is 2. The van der Waals surface area contributed by atoms with E-state index in [2.05, 4.69) is 16.8 Å². The van der Waals surface area contributed by atoms with Crippen LogP contribution < -0.4 is 4.90 Å². The van der Waals surface area contributed by atoms with Crippen molar-refractivity contribution in [3.8, 4) is 0 Å². The fourth-order valence-corrected chi connectivity index (χ4v) is 2.66. The molecule has 1 heterocycles. The van der Waals surface area contributed by atoms with Crippen molar-refractivity contribution in [1.29, 1.82) is 0 Å². The number of para-hydroxylation sites is 1. The molecule has 0 bridgehead atoms. The van der Waals surface area contributed by atoms with E-state index < -0.39 is 5.97 Å². The van der Waals surface area contributed by atoms with Crippen molar-refractivity contribution in [2.45, 2.75) is 39.0 Å². The number of pyridine rings is 1. The number of carboxylic acid groups (broad SMARTS) is 1. The summed E-state index contributed by atoms with van der Waals surface area (Å²) in [5, 5.41) is 10.1. The third kappa shape index (κ3) is 4.45. The number of rotatable bonds is 9. The SMILES string of the molecule is CCCCCCN(CCC(=O)O)c1cccc2cccnc12. The van der Waals surface area contributed by atoms with E-state index in [4.69, 9.17) is 5.11 Å². The summed E-state index contributed by atoms with van der Waals surface area (Å²) in [4.78, 5) is 17.6. The number of carboxylic acids is 1. The lowest BCUT2D eigenvalue weighted by Gasteiger charge is -2.25. The molecule has 0 atom stereocenters. The molecule has 0 spiro atoms. The van der Waals surface area contributed by atoms with Gasteiger partial charge < -0.3 is 10.0 Å². The molecule has 4 nitrogen and oxygen atoms in total. The maximum atomic E-state index is 10.9. The quantitative estimate of drug-likeness (QED) is 0.708. The van der Waals surface area contributed by atoms with Crippen LogP contribution in [0.5, 0.6) is 0 Å². The van der Waals surface area contributed by atoms with Gasteiger partial charge in [0, 0.05) is 24.7 Å². The van der Waals surface area contributed by atoms with Crippen LogP contribution in [0.4, 0.5) is 5.69 Å². The normalized spacial score (nSPS) is 10.8. The van der Waals surface area contributed by atoms with Crippen molar-refractivity contribution in [1.82, 2.24) is 4.98 Å². The van der Waals surface area contributed by atoms with Gasteiger partial charge in [0.05, 0.1) is 17.6 Å². The van der Waals surface area contributed by atoms with E-state index in [0.717, 1.165) is 29.6 Å². The molecule has 2 rings (SSSR count). The second kappa shape index (κ2) is 8.37. The number of hydrogen-bond donors (Lipinski definition) is 1. The molecular weight excluding hydrogens is 276 g/mol. The zero-order valence-electron chi connectivity index (χ0n) is 13.2. The van der Waals surface area contributed by atoms with Crippen LogP contribution in [0.3, 0.4) is 0 Å². The van der Waals surface area contributed by atoms with E-state index >= 15 is 0 Å². The summed E-state index contributed by atoms with van der Waals surface area (Å²) in [6.45, 7) is 3.59. The van der Waals surface area contributed by atoms with Gasteiger partial charge in [-0.1, -0.05) is 44.4 Å². The summed E-state index contributed by atoms with van der Waals surface area (Å²) in [5.41, 5.74) is 1.99. The van der Waals surface area contributed by atoms with Gasteiger partial charge in [0.15, 0.2) is 0 Å². The average molecular weight is 300 g/mol. The van der Waals surface area contributed by atoms with E-state index in [1.165, 1.54) is 19.3 Å². The minimum Gasteiger partial charge on any atom is -0.481 e. The lowest BCUT2D eigenvalue weighted by molar-refractivity contribution is -0.136. The van der Waals surface area contributed by atoms with Crippen molar-refractivity contribution in [2.24, 2.45) is 0 Å². The first-order valence-electron chi connectivity index (χ1n) is 8.03. The number of hydrogen-bond acceptors (Lipinski definition) is 3. The Kier molecular flexibility index (Phi) is 6.19. The molecule has 0 saturated carbocycles. The van der Waals surface area contributed by atoms with Crippen LogP contribution in [0.25, 0.3) is 10.9 Å². The van der Waals surface area contributed by atoms with Gasteiger partial charge in [0.1, 0.15) is 0 Å². The highest BCUT2D eigenvalue weighted by atomic mass is 16.4. The van der Waals surface area contributed by atoms with E-state index in [9.17, 15) is 4.79 Å². The van der Waals surface area contributed by atoms with Crippen LogP contribution in [0.1, 0.15) is 39.0 Å². The number of aliphatic carboxylic acids is 1. The molecule has 22 heavy (non-hydrogen) atoms. The van der Waals surface area contributed by atoms with Crippen LogP contribution in [0.15, 0.2) is 36.5 Å². The molecular formula is C18H24N2O2. The molecule has 118 valence electrons. The third-order valence-electron chi connectivity index (χ3n) is 3.83. The van der Waals surface area contributed by atoms with Crippen molar-refractivity contribution in [3.63, 3.8) is 0 Å². The molecule has 1 N–H and O–H groups in total. The Labute approximate surface area is 131 Å². The maximum absolute atomic E-state index is 10.9. The average Bonchev–Trinajstić information content (AvgIpc) is 2.53. The van der Waals surface area contributed by atoms with Crippen molar-refractivity contribution < 1.29 is 9.90 Å². The first-order chi connectivity index (χ1) is 10.7. The van der Waals surface area contributed by atoms with Crippen LogP contribution in [-0.4, -0.2) is 29.1 Å². The van der Waals surface area contributed by atoms with E-state index in [-0.39, 0.29) is 6.42 Å². The number of aromatic nitrogens is 1. The number of anilines is 1. The lowest BCUT2D eigenvalue weighted by Crippen LogP contribution is -2.27. The molecule has 0 saturated heterocycles. The van der Waals surface area contributed by atoms with Gasteiger partial charge in [-0.25, -0.2) is 0 Å². The summed E-state index contributed by atoms with van der Waals surface area (Å²) in [6, 6.07) is 10.1. The molecule has 0 fully saturated rings. The largest absolute Gasteiger partial charge is 0.481 e. The van der Waals surface area contributed by atoms with Crippen LogP contribution >= 0.6 is 0 Å². The highest BCUT2D eigenvalue weighted by molar-refractivity contribution is 5.90. The van der Waals surface area contributed by atoms with Gasteiger partial charge in [0.2, 0.25) is 0 Å². The van der Waals surface area contributed by atoms with Crippen LogP contribution in [-0.2, 0) is 4.79 Å². The number of carbonyl (C=O) groups is 1. The van der Waals surface area contributed by atoms with Gasteiger partial charge in [-0.2, -0.15) is 0 Å². The van der Waals surface area contributed by atoms with Gasteiger partial charge >= 0.3 is 5.97 Å². The van der Waals surface area contributed by atoms with Gasteiger partial charge in [-0.3, -0.25) is 9.78 Å². The summed E-state index contributed by atoms with van der Waals surface area (Å²) >= 11 is 0. The Bertz CT molecular complexity index is 608. The van der Waals surface area contributed by atoms with Crippen molar-refractivity contribution in [2.75, 3.05) is 18.0 Å². The predicted octanol–water partition coefficient (Wildman–Crippen LogP) is 4.10.